The van der Waals surface area contributed by atoms with Gasteiger partial charge in [0, 0.05) is 44.5 Å². The van der Waals surface area contributed by atoms with E-state index < -0.39 is 0 Å². The lowest BCUT2D eigenvalue weighted by Crippen LogP contribution is -2.63. The number of methoxy groups -OCH3 is 1. The predicted octanol–water partition coefficient (Wildman–Crippen LogP) is 1.46. The second-order valence-corrected chi connectivity index (χ2v) is 5.37. The first-order valence-electron chi connectivity index (χ1n) is 5.84. The Morgan fingerprint density at radius 3 is 2.40 bits per heavy atom. The van der Waals surface area contributed by atoms with Crippen LogP contribution in [0.15, 0.2) is 0 Å². The summed E-state index contributed by atoms with van der Waals surface area (Å²) in [6.07, 6.45) is 2.99. The molecule has 86 valence electrons. The number of hydrogen-bond acceptors (Lipinski definition) is 3. The summed E-state index contributed by atoms with van der Waals surface area (Å²) >= 11 is 0. The molecule has 1 heterocycles. The molecule has 0 aromatic rings. The second kappa shape index (κ2) is 3.87. The molecule has 1 saturated carbocycles. The van der Waals surface area contributed by atoms with Gasteiger partial charge < -0.3 is 4.74 Å². The Morgan fingerprint density at radius 1 is 1.33 bits per heavy atom. The third-order valence-electron chi connectivity index (χ3n) is 4.21. The molecule has 1 saturated heterocycles. The summed E-state index contributed by atoms with van der Waals surface area (Å²) < 4.78 is 5.45. The summed E-state index contributed by atoms with van der Waals surface area (Å²) in [5, 5.41) is 0. The van der Waals surface area contributed by atoms with Crippen LogP contribution in [0.5, 0.6) is 0 Å². The molecule has 1 aliphatic carbocycles. The van der Waals surface area contributed by atoms with Crippen LogP contribution >= 0.6 is 0 Å². The number of ketones is 1. The van der Waals surface area contributed by atoms with Crippen molar-refractivity contribution in [1.82, 2.24) is 4.90 Å². The molecule has 2 atom stereocenters. The van der Waals surface area contributed by atoms with Crippen LogP contribution in [0, 0.1) is 5.41 Å². The van der Waals surface area contributed by atoms with Crippen molar-refractivity contribution in [2.75, 3.05) is 20.2 Å². The standard InChI is InChI=1S/C12H21NO2/c1-12(2)10(8-11(12)15-3)13-6-4-9(14)5-7-13/h10-11H,4-8H2,1-3H3. The molecule has 0 N–H and O–H groups in total. The predicted molar refractivity (Wildman–Crippen MR) is 58.8 cm³/mol. The number of ether oxygens (including phenoxy) is 1. The Balaban J connectivity index is 1.93. The number of hydrogen-bond donors (Lipinski definition) is 0. The van der Waals surface area contributed by atoms with E-state index in [2.05, 4.69) is 18.7 Å². The molecule has 0 bridgehead atoms. The normalized spacial score (nSPS) is 36.3. The lowest BCUT2D eigenvalue weighted by Gasteiger charge is -2.56. The molecule has 2 aliphatic rings. The van der Waals surface area contributed by atoms with Gasteiger partial charge in [0.2, 0.25) is 0 Å². The summed E-state index contributed by atoms with van der Waals surface area (Å²) in [5.74, 6) is 0.423. The highest BCUT2D eigenvalue weighted by Crippen LogP contribution is 2.45. The minimum absolute atomic E-state index is 0.245. The van der Waals surface area contributed by atoms with Crippen molar-refractivity contribution < 1.29 is 9.53 Å². The van der Waals surface area contributed by atoms with E-state index in [0.717, 1.165) is 32.4 Å². The summed E-state index contributed by atoms with van der Waals surface area (Å²) in [4.78, 5) is 13.6. The van der Waals surface area contributed by atoms with Crippen molar-refractivity contribution >= 4 is 5.78 Å². The van der Waals surface area contributed by atoms with E-state index in [4.69, 9.17) is 4.74 Å². The third-order valence-corrected chi connectivity index (χ3v) is 4.21. The number of likely N-dealkylation sites (tertiary alicyclic amines) is 1. The van der Waals surface area contributed by atoms with E-state index in [-0.39, 0.29) is 5.41 Å². The van der Waals surface area contributed by atoms with Gasteiger partial charge in [-0.3, -0.25) is 9.69 Å². The molecule has 2 rings (SSSR count). The molecule has 2 fully saturated rings. The Morgan fingerprint density at radius 2 is 1.93 bits per heavy atom. The first kappa shape index (κ1) is 11.1. The van der Waals surface area contributed by atoms with Crippen molar-refractivity contribution in [1.29, 1.82) is 0 Å². The smallest absolute Gasteiger partial charge is 0.135 e. The SMILES string of the molecule is COC1CC(N2CCC(=O)CC2)C1(C)C. The van der Waals surface area contributed by atoms with Gasteiger partial charge in [-0.25, -0.2) is 0 Å². The third kappa shape index (κ3) is 1.83. The molecule has 0 radical (unpaired) electrons. The molecular formula is C12H21NO2. The molecule has 0 amide bonds. The fourth-order valence-corrected chi connectivity index (χ4v) is 2.97. The first-order chi connectivity index (χ1) is 7.05. The molecule has 0 aromatic heterocycles. The topological polar surface area (TPSA) is 29.5 Å². The van der Waals surface area contributed by atoms with Gasteiger partial charge in [0.1, 0.15) is 5.78 Å². The fourth-order valence-electron chi connectivity index (χ4n) is 2.97. The molecule has 1 aliphatic heterocycles. The van der Waals surface area contributed by atoms with E-state index in [0.29, 0.717) is 17.9 Å². The number of Topliss-reactive ketones (excluding diaryl/α,β-unsaturated/α-hetero) is 1. The number of carbonyl (C=O) groups excluding carboxylic acids is 1. The van der Waals surface area contributed by atoms with Gasteiger partial charge in [-0.2, -0.15) is 0 Å². The van der Waals surface area contributed by atoms with Gasteiger partial charge in [0.15, 0.2) is 0 Å². The Labute approximate surface area is 91.8 Å². The van der Waals surface area contributed by atoms with E-state index in [1.54, 1.807) is 7.11 Å². The highest BCUT2D eigenvalue weighted by atomic mass is 16.5. The number of nitrogens with zero attached hydrogens (tertiary/aromatic N) is 1. The zero-order valence-corrected chi connectivity index (χ0v) is 9.95. The number of piperidine rings is 1. The van der Waals surface area contributed by atoms with Crippen LogP contribution in [0.25, 0.3) is 0 Å². The summed E-state index contributed by atoms with van der Waals surface area (Å²) in [5.41, 5.74) is 0.245. The molecule has 3 nitrogen and oxygen atoms in total. The van der Waals surface area contributed by atoms with Gasteiger partial charge in [0.05, 0.1) is 6.10 Å². The second-order valence-electron chi connectivity index (χ2n) is 5.37. The van der Waals surface area contributed by atoms with Gasteiger partial charge in [0.25, 0.3) is 0 Å². The van der Waals surface area contributed by atoms with Crippen LogP contribution in [0.4, 0.5) is 0 Å². The molecule has 0 aromatic carbocycles. The van der Waals surface area contributed by atoms with Crippen LogP contribution in [0.1, 0.15) is 33.1 Å². The molecule has 15 heavy (non-hydrogen) atoms. The number of carbonyl (C=O) groups is 1. The maximum Gasteiger partial charge on any atom is 0.135 e. The lowest BCUT2D eigenvalue weighted by molar-refractivity contribution is -0.146. The highest BCUT2D eigenvalue weighted by Gasteiger charge is 2.51. The van der Waals surface area contributed by atoms with Crippen LogP contribution in [-0.4, -0.2) is 43.0 Å². The van der Waals surface area contributed by atoms with Gasteiger partial charge >= 0.3 is 0 Å². The molecule has 3 heteroatoms. The minimum atomic E-state index is 0.245. The van der Waals surface area contributed by atoms with Crippen molar-refractivity contribution in [2.24, 2.45) is 5.41 Å². The maximum absolute atomic E-state index is 11.2. The van der Waals surface area contributed by atoms with Crippen molar-refractivity contribution in [3.8, 4) is 0 Å². The largest absolute Gasteiger partial charge is 0.381 e. The quantitative estimate of drug-likeness (QED) is 0.692. The van der Waals surface area contributed by atoms with Crippen molar-refractivity contribution in [2.45, 2.75) is 45.3 Å². The first-order valence-corrected chi connectivity index (χ1v) is 5.84. The van der Waals surface area contributed by atoms with Crippen LogP contribution < -0.4 is 0 Å². The van der Waals surface area contributed by atoms with Crippen molar-refractivity contribution in [3.63, 3.8) is 0 Å². The highest BCUT2D eigenvalue weighted by molar-refractivity contribution is 5.79. The summed E-state index contributed by atoms with van der Waals surface area (Å²) in [6.45, 7) is 6.43. The van der Waals surface area contributed by atoms with Crippen LogP contribution in [0.2, 0.25) is 0 Å². The summed E-state index contributed by atoms with van der Waals surface area (Å²) in [6, 6.07) is 0.607. The van der Waals surface area contributed by atoms with Gasteiger partial charge in [-0.15, -0.1) is 0 Å². The van der Waals surface area contributed by atoms with E-state index in [9.17, 15) is 4.79 Å². The van der Waals surface area contributed by atoms with Crippen LogP contribution in [-0.2, 0) is 9.53 Å². The van der Waals surface area contributed by atoms with Gasteiger partial charge in [-0.1, -0.05) is 13.8 Å². The average molecular weight is 211 g/mol. The fraction of sp³-hybridized carbons (Fsp3) is 0.917. The van der Waals surface area contributed by atoms with Gasteiger partial charge in [-0.05, 0) is 6.42 Å². The monoisotopic (exact) mass is 211 g/mol. The van der Waals surface area contributed by atoms with E-state index in [1.807, 2.05) is 0 Å². The lowest BCUT2D eigenvalue weighted by atomic mass is 9.63. The Hall–Kier alpha value is -0.410. The Bertz CT molecular complexity index is 252. The minimum Gasteiger partial charge on any atom is -0.381 e. The molecule has 0 spiro atoms. The van der Waals surface area contributed by atoms with Crippen molar-refractivity contribution in [3.05, 3.63) is 0 Å². The number of rotatable bonds is 2. The molecule has 2 unspecified atom stereocenters. The Kier molecular flexibility index (Phi) is 2.86. The van der Waals surface area contributed by atoms with E-state index in [1.165, 1.54) is 0 Å². The van der Waals surface area contributed by atoms with E-state index >= 15 is 0 Å². The average Bonchev–Trinajstić information content (AvgIpc) is 2.20. The zero-order chi connectivity index (χ0) is 11.1. The zero-order valence-electron chi connectivity index (χ0n) is 9.95. The maximum atomic E-state index is 11.2. The molecular weight excluding hydrogens is 190 g/mol. The van der Waals surface area contributed by atoms with Crippen LogP contribution in [0.3, 0.4) is 0 Å². The summed E-state index contributed by atoms with van der Waals surface area (Å²) in [7, 11) is 1.79.